The third-order valence-corrected chi connectivity index (χ3v) is 1.90. The molecule has 0 bridgehead atoms. The molecule has 3 nitrogen and oxygen atoms in total. The average Bonchev–Trinajstić information content (AvgIpc) is 1.81. The van der Waals surface area contributed by atoms with E-state index in [0.717, 1.165) is 5.06 Å². The lowest BCUT2D eigenvalue weighted by molar-refractivity contribution is -0.158. The molecule has 0 aliphatic carbocycles. The summed E-state index contributed by atoms with van der Waals surface area (Å²) in [5.41, 5.74) is 0.0122. The van der Waals surface area contributed by atoms with Crippen LogP contribution in [0, 0.1) is 0 Å². The third-order valence-electron chi connectivity index (χ3n) is 1.90. The minimum atomic E-state index is -0.480. The van der Waals surface area contributed by atoms with Gasteiger partial charge in [-0.1, -0.05) is 6.58 Å². The van der Waals surface area contributed by atoms with Gasteiger partial charge in [0, 0.05) is 18.5 Å². The van der Waals surface area contributed by atoms with Gasteiger partial charge in [-0.2, -0.15) is 0 Å². The molecule has 0 amide bonds. The molecule has 1 fully saturated rings. The Balaban J connectivity index is 2.83. The molecule has 0 saturated carbocycles. The van der Waals surface area contributed by atoms with E-state index in [2.05, 4.69) is 6.58 Å². The Morgan fingerprint density at radius 1 is 1.64 bits per heavy atom. The van der Waals surface area contributed by atoms with Crippen molar-refractivity contribution in [2.45, 2.75) is 32.2 Å². The highest BCUT2D eigenvalue weighted by molar-refractivity contribution is 5.82. The van der Waals surface area contributed by atoms with E-state index in [1.165, 1.54) is 0 Å². The van der Waals surface area contributed by atoms with Crippen LogP contribution in [0.15, 0.2) is 12.3 Å². The number of rotatable bonds is 0. The van der Waals surface area contributed by atoms with Gasteiger partial charge >= 0.3 is 0 Å². The standard InChI is InChI=1S/C8H13NO2/c1-6-4-7(10)5-8(2,3)9(6)11/h11H,1,4-5H2,2-3H3. The summed E-state index contributed by atoms with van der Waals surface area (Å²) in [6, 6.07) is 0. The number of piperidine rings is 1. The molecule has 0 aromatic carbocycles. The van der Waals surface area contributed by atoms with Crippen molar-refractivity contribution >= 4 is 5.78 Å². The predicted molar refractivity (Wildman–Crippen MR) is 41.1 cm³/mol. The topological polar surface area (TPSA) is 40.5 Å². The van der Waals surface area contributed by atoms with Crippen molar-refractivity contribution in [1.29, 1.82) is 0 Å². The average molecular weight is 155 g/mol. The molecule has 62 valence electrons. The Kier molecular flexibility index (Phi) is 1.76. The van der Waals surface area contributed by atoms with Gasteiger partial charge < -0.3 is 0 Å². The molecule has 0 radical (unpaired) electrons. The van der Waals surface area contributed by atoms with E-state index in [1.807, 2.05) is 13.8 Å². The van der Waals surface area contributed by atoms with Crippen molar-refractivity contribution in [1.82, 2.24) is 5.06 Å². The summed E-state index contributed by atoms with van der Waals surface area (Å²) in [4.78, 5) is 11.0. The van der Waals surface area contributed by atoms with Crippen LogP contribution >= 0.6 is 0 Å². The number of hydrogen-bond donors (Lipinski definition) is 1. The van der Waals surface area contributed by atoms with E-state index in [-0.39, 0.29) is 12.2 Å². The Morgan fingerprint density at radius 3 is 2.64 bits per heavy atom. The maximum absolute atomic E-state index is 11.0. The van der Waals surface area contributed by atoms with Crippen LogP contribution in [0.1, 0.15) is 26.7 Å². The van der Waals surface area contributed by atoms with E-state index in [9.17, 15) is 10.0 Å². The fraction of sp³-hybridized carbons (Fsp3) is 0.625. The Bertz CT molecular complexity index is 208. The summed E-state index contributed by atoms with van der Waals surface area (Å²) in [5, 5.41) is 10.5. The maximum Gasteiger partial charge on any atom is 0.141 e. The number of hydrogen-bond acceptors (Lipinski definition) is 3. The van der Waals surface area contributed by atoms with Gasteiger partial charge in [0.05, 0.1) is 5.54 Å². The number of carbonyl (C=O) groups is 1. The van der Waals surface area contributed by atoms with Crippen LogP contribution in [0.3, 0.4) is 0 Å². The lowest BCUT2D eigenvalue weighted by atomic mass is 9.90. The second-order valence-corrected chi connectivity index (χ2v) is 3.58. The van der Waals surface area contributed by atoms with E-state index in [0.29, 0.717) is 12.1 Å². The highest BCUT2D eigenvalue weighted by Crippen LogP contribution is 2.28. The van der Waals surface area contributed by atoms with Crippen molar-refractivity contribution in [2.75, 3.05) is 0 Å². The van der Waals surface area contributed by atoms with Gasteiger partial charge in [-0.3, -0.25) is 15.1 Å². The molecule has 1 saturated heterocycles. The number of hydroxylamine groups is 2. The first-order valence-electron chi connectivity index (χ1n) is 3.62. The van der Waals surface area contributed by atoms with Crippen molar-refractivity contribution in [3.8, 4) is 0 Å². The zero-order valence-corrected chi connectivity index (χ0v) is 6.92. The Labute approximate surface area is 66.3 Å². The molecule has 1 aliphatic heterocycles. The number of ketones is 1. The highest BCUT2D eigenvalue weighted by atomic mass is 16.5. The molecule has 11 heavy (non-hydrogen) atoms. The molecule has 3 heteroatoms. The van der Waals surface area contributed by atoms with E-state index in [4.69, 9.17) is 0 Å². The summed E-state index contributed by atoms with van der Waals surface area (Å²) in [5.74, 6) is 0.144. The summed E-state index contributed by atoms with van der Waals surface area (Å²) in [6.45, 7) is 7.23. The second kappa shape index (κ2) is 2.34. The molecule has 1 N–H and O–H groups in total. The molecule has 1 aliphatic rings. The highest BCUT2D eigenvalue weighted by Gasteiger charge is 2.34. The molecule has 0 unspecified atom stereocenters. The van der Waals surface area contributed by atoms with Gasteiger partial charge in [-0.15, -0.1) is 0 Å². The summed E-state index contributed by atoms with van der Waals surface area (Å²) >= 11 is 0. The number of nitrogens with zero attached hydrogens (tertiary/aromatic N) is 1. The van der Waals surface area contributed by atoms with Gasteiger partial charge in [0.25, 0.3) is 0 Å². The zero-order valence-electron chi connectivity index (χ0n) is 6.92. The van der Waals surface area contributed by atoms with Crippen LogP contribution in [0.5, 0.6) is 0 Å². The molecule has 0 aromatic rings. The lowest BCUT2D eigenvalue weighted by Crippen LogP contribution is -2.46. The van der Waals surface area contributed by atoms with Crippen LogP contribution in [0.4, 0.5) is 0 Å². The normalized spacial score (nSPS) is 24.1. The monoisotopic (exact) mass is 155 g/mol. The summed E-state index contributed by atoms with van der Waals surface area (Å²) < 4.78 is 0. The van der Waals surface area contributed by atoms with Crippen LogP contribution in [0.25, 0.3) is 0 Å². The molecular weight excluding hydrogens is 142 g/mol. The SMILES string of the molecule is C=C1CC(=O)CC(C)(C)N1O. The number of carbonyl (C=O) groups excluding carboxylic acids is 1. The van der Waals surface area contributed by atoms with Crippen molar-refractivity contribution in [2.24, 2.45) is 0 Å². The van der Waals surface area contributed by atoms with Gasteiger partial charge in [0.1, 0.15) is 5.78 Å². The Hall–Kier alpha value is -0.830. The molecule has 0 spiro atoms. The minimum absolute atomic E-state index is 0.144. The fourth-order valence-corrected chi connectivity index (χ4v) is 1.35. The van der Waals surface area contributed by atoms with E-state index in [1.54, 1.807) is 0 Å². The van der Waals surface area contributed by atoms with Gasteiger partial charge in [0.2, 0.25) is 0 Å². The largest absolute Gasteiger partial charge is 0.299 e. The summed E-state index contributed by atoms with van der Waals surface area (Å²) in [6.07, 6.45) is 0.669. The fourth-order valence-electron chi connectivity index (χ4n) is 1.35. The first-order chi connectivity index (χ1) is 4.93. The van der Waals surface area contributed by atoms with Crippen LogP contribution in [0.2, 0.25) is 0 Å². The number of Topliss-reactive ketones (excluding diaryl/α,β-unsaturated/α-hetero) is 1. The molecular formula is C8H13NO2. The van der Waals surface area contributed by atoms with Gasteiger partial charge in [-0.25, -0.2) is 0 Å². The summed E-state index contributed by atoms with van der Waals surface area (Å²) in [7, 11) is 0. The second-order valence-electron chi connectivity index (χ2n) is 3.58. The van der Waals surface area contributed by atoms with Gasteiger partial charge in [0.15, 0.2) is 0 Å². The van der Waals surface area contributed by atoms with E-state index >= 15 is 0 Å². The number of allylic oxidation sites excluding steroid dienone is 1. The molecule has 0 atom stereocenters. The zero-order chi connectivity index (χ0) is 8.65. The maximum atomic E-state index is 11.0. The smallest absolute Gasteiger partial charge is 0.141 e. The third kappa shape index (κ3) is 1.43. The molecule has 1 rings (SSSR count). The van der Waals surface area contributed by atoms with Crippen LogP contribution in [-0.2, 0) is 4.79 Å². The van der Waals surface area contributed by atoms with Crippen LogP contribution in [-0.4, -0.2) is 21.6 Å². The van der Waals surface area contributed by atoms with Crippen LogP contribution < -0.4 is 0 Å². The predicted octanol–water partition coefficient (Wildman–Crippen LogP) is 1.33. The quantitative estimate of drug-likeness (QED) is 0.573. The van der Waals surface area contributed by atoms with Gasteiger partial charge in [-0.05, 0) is 13.8 Å². The van der Waals surface area contributed by atoms with E-state index < -0.39 is 5.54 Å². The minimum Gasteiger partial charge on any atom is -0.299 e. The molecule has 0 aromatic heterocycles. The lowest BCUT2D eigenvalue weighted by Gasteiger charge is -2.39. The molecule has 1 heterocycles. The van der Waals surface area contributed by atoms with Crippen molar-refractivity contribution in [3.63, 3.8) is 0 Å². The van der Waals surface area contributed by atoms with Crippen molar-refractivity contribution < 1.29 is 10.0 Å². The first kappa shape index (κ1) is 8.27. The first-order valence-corrected chi connectivity index (χ1v) is 3.62. The van der Waals surface area contributed by atoms with Crippen molar-refractivity contribution in [3.05, 3.63) is 12.3 Å². The Morgan fingerprint density at radius 2 is 2.18 bits per heavy atom.